The number of nitrogens with one attached hydrogen (secondary N) is 1. The van der Waals surface area contributed by atoms with Crippen LogP contribution < -0.4 is 10.1 Å². The average molecular weight is 300 g/mol. The minimum Gasteiger partial charge on any atom is -0.482 e. The van der Waals surface area contributed by atoms with Crippen LogP contribution in [0, 0.1) is 12.8 Å². The smallest absolute Gasteiger partial charge is 0.257 e. The first kappa shape index (κ1) is 16.8. The molecule has 0 bridgehead atoms. The van der Waals surface area contributed by atoms with Gasteiger partial charge in [0.15, 0.2) is 6.61 Å². The number of halogens is 1. The lowest BCUT2D eigenvalue weighted by Crippen LogP contribution is -2.30. The highest BCUT2D eigenvalue weighted by Gasteiger charge is 2.06. The van der Waals surface area contributed by atoms with E-state index < -0.39 is 0 Å². The van der Waals surface area contributed by atoms with Crippen molar-refractivity contribution in [1.29, 1.82) is 0 Å². The van der Waals surface area contributed by atoms with E-state index >= 15 is 0 Å². The minimum absolute atomic E-state index is 0.0429. The van der Waals surface area contributed by atoms with Crippen LogP contribution in [0.5, 0.6) is 5.75 Å². The molecule has 4 nitrogen and oxygen atoms in total. The Balaban J connectivity index is 2.24. The summed E-state index contributed by atoms with van der Waals surface area (Å²) in [6, 6.07) is 5.44. The second-order valence-electron chi connectivity index (χ2n) is 5.00. The topological polar surface area (TPSA) is 58.6 Å². The first-order valence-electron chi connectivity index (χ1n) is 6.79. The standard InChI is InChI=1S/C15H22ClNO3/c1-11-5-6-13(16)14(8-11)20-10-15(19)17-7-3-4-12(2)9-18/h5-6,8,12,18H,3-4,7,9-10H2,1-2H3,(H,17,19). The molecule has 0 saturated carbocycles. The molecule has 0 saturated heterocycles. The summed E-state index contributed by atoms with van der Waals surface area (Å²) >= 11 is 5.98. The number of rotatable bonds is 8. The van der Waals surface area contributed by atoms with Crippen LogP contribution in [0.1, 0.15) is 25.3 Å². The van der Waals surface area contributed by atoms with Gasteiger partial charge in [0.1, 0.15) is 5.75 Å². The Hall–Kier alpha value is -1.26. The van der Waals surface area contributed by atoms with Crippen LogP contribution in [-0.2, 0) is 4.79 Å². The van der Waals surface area contributed by atoms with Crippen LogP contribution in [0.15, 0.2) is 18.2 Å². The normalized spacial score (nSPS) is 12.0. The lowest BCUT2D eigenvalue weighted by molar-refractivity contribution is -0.123. The lowest BCUT2D eigenvalue weighted by atomic mass is 10.1. The van der Waals surface area contributed by atoms with Gasteiger partial charge < -0.3 is 15.2 Å². The second kappa shape index (κ2) is 8.82. The molecule has 1 amide bonds. The van der Waals surface area contributed by atoms with Crippen molar-refractivity contribution >= 4 is 17.5 Å². The molecule has 1 aromatic rings. The highest BCUT2D eigenvalue weighted by Crippen LogP contribution is 2.24. The van der Waals surface area contributed by atoms with Crippen molar-refractivity contribution in [3.05, 3.63) is 28.8 Å². The molecular weight excluding hydrogens is 278 g/mol. The van der Waals surface area contributed by atoms with Crippen molar-refractivity contribution < 1.29 is 14.6 Å². The molecule has 1 unspecified atom stereocenters. The lowest BCUT2D eigenvalue weighted by Gasteiger charge is -2.10. The largest absolute Gasteiger partial charge is 0.482 e. The molecule has 0 aromatic heterocycles. The van der Waals surface area contributed by atoms with Crippen LogP contribution in [0.25, 0.3) is 0 Å². The summed E-state index contributed by atoms with van der Waals surface area (Å²) in [5, 5.41) is 12.2. The molecule has 1 atom stereocenters. The average Bonchev–Trinajstić information content (AvgIpc) is 2.44. The molecule has 0 aliphatic carbocycles. The van der Waals surface area contributed by atoms with Gasteiger partial charge >= 0.3 is 0 Å². The fourth-order valence-electron chi connectivity index (χ4n) is 1.69. The molecule has 1 rings (SSSR count). The first-order valence-corrected chi connectivity index (χ1v) is 7.17. The first-order chi connectivity index (χ1) is 9.52. The molecule has 0 fully saturated rings. The maximum atomic E-state index is 11.6. The predicted molar refractivity (Wildman–Crippen MR) is 80.2 cm³/mol. The van der Waals surface area contributed by atoms with E-state index in [1.807, 2.05) is 19.9 Å². The number of aryl methyl sites for hydroxylation is 1. The monoisotopic (exact) mass is 299 g/mol. The molecular formula is C15H22ClNO3. The molecule has 0 radical (unpaired) electrons. The maximum absolute atomic E-state index is 11.6. The van der Waals surface area contributed by atoms with Crippen molar-refractivity contribution in [2.75, 3.05) is 19.8 Å². The predicted octanol–water partition coefficient (Wildman–Crippen LogP) is 2.55. The van der Waals surface area contributed by atoms with Crippen molar-refractivity contribution in [2.45, 2.75) is 26.7 Å². The number of hydrogen-bond acceptors (Lipinski definition) is 3. The Labute approximate surface area is 125 Å². The summed E-state index contributed by atoms with van der Waals surface area (Å²) in [5.41, 5.74) is 1.03. The molecule has 0 aliphatic heterocycles. The van der Waals surface area contributed by atoms with Crippen molar-refractivity contribution in [3.63, 3.8) is 0 Å². The summed E-state index contributed by atoms with van der Waals surface area (Å²) in [7, 11) is 0. The molecule has 2 N–H and O–H groups in total. The van der Waals surface area contributed by atoms with E-state index in [1.54, 1.807) is 12.1 Å². The number of hydrogen-bond donors (Lipinski definition) is 2. The van der Waals surface area contributed by atoms with Gasteiger partial charge in [0.2, 0.25) is 0 Å². The number of aliphatic hydroxyl groups excluding tert-OH is 1. The van der Waals surface area contributed by atoms with Gasteiger partial charge in [-0.05, 0) is 43.4 Å². The summed E-state index contributed by atoms with van der Waals surface area (Å²) in [6.45, 7) is 4.64. The van der Waals surface area contributed by atoms with Gasteiger partial charge in [0, 0.05) is 13.2 Å². The second-order valence-corrected chi connectivity index (χ2v) is 5.41. The van der Waals surface area contributed by atoms with Gasteiger partial charge in [-0.2, -0.15) is 0 Å². The van der Waals surface area contributed by atoms with Gasteiger partial charge in [0.25, 0.3) is 5.91 Å². The SMILES string of the molecule is Cc1ccc(Cl)c(OCC(=O)NCCCC(C)CO)c1. The molecule has 112 valence electrons. The Morgan fingerprint density at radius 1 is 1.50 bits per heavy atom. The van der Waals surface area contributed by atoms with Gasteiger partial charge in [-0.1, -0.05) is 24.6 Å². The van der Waals surface area contributed by atoms with E-state index in [0.29, 0.717) is 17.3 Å². The third kappa shape index (κ3) is 6.26. The van der Waals surface area contributed by atoms with Crippen molar-refractivity contribution in [2.24, 2.45) is 5.92 Å². The van der Waals surface area contributed by atoms with E-state index in [1.165, 1.54) is 0 Å². The third-order valence-electron chi connectivity index (χ3n) is 2.95. The Morgan fingerprint density at radius 3 is 2.95 bits per heavy atom. The summed E-state index contributed by atoms with van der Waals surface area (Å²) in [5.74, 6) is 0.629. The van der Waals surface area contributed by atoms with E-state index in [-0.39, 0.29) is 25.0 Å². The van der Waals surface area contributed by atoms with E-state index in [0.717, 1.165) is 18.4 Å². The minimum atomic E-state index is -0.167. The molecule has 0 spiro atoms. The van der Waals surface area contributed by atoms with Gasteiger partial charge in [-0.3, -0.25) is 4.79 Å². The number of ether oxygens (including phenoxy) is 1. The van der Waals surface area contributed by atoms with Crippen LogP contribution >= 0.6 is 11.6 Å². The van der Waals surface area contributed by atoms with Gasteiger partial charge in [0.05, 0.1) is 5.02 Å². The number of carbonyl (C=O) groups excluding carboxylic acids is 1. The van der Waals surface area contributed by atoms with Crippen molar-refractivity contribution in [3.8, 4) is 5.75 Å². The number of carbonyl (C=O) groups is 1. The van der Waals surface area contributed by atoms with Crippen LogP contribution in [0.4, 0.5) is 0 Å². The third-order valence-corrected chi connectivity index (χ3v) is 3.27. The molecule has 0 aliphatic rings. The number of benzene rings is 1. The summed E-state index contributed by atoms with van der Waals surface area (Å²) in [6.07, 6.45) is 1.74. The van der Waals surface area contributed by atoms with E-state index in [2.05, 4.69) is 5.32 Å². The van der Waals surface area contributed by atoms with Crippen LogP contribution in [-0.4, -0.2) is 30.8 Å². The Kier molecular flexibility index (Phi) is 7.41. The molecule has 0 heterocycles. The van der Waals surface area contributed by atoms with Crippen molar-refractivity contribution in [1.82, 2.24) is 5.32 Å². The maximum Gasteiger partial charge on any atom is 0.257 e. The van der Waals surface area contributed by atoms with E-state index in [4.69, 9.17) is 21.4 Å². The fourth-order valence-corrected chi connectivity index (χ4v) is 1.86. The van der Waals surface area contributed by atoms with Crippen LogP contribution in [0.3, 0.4) is 0 Å². The molecule has 5 heteroatoms. The Morgan fingerprint density at radius 2 is 2.25 bits per heavy atom. The number of amides is 1. The van der Waals surface area contributed by atoms with E-state index in [9.17, 15) is 4.79 Å². The zero-order valence-corrected chi connectivity index (χ0v) is 12.7. The highest BCUT2D eigenvalue weighted by atomic mass is 35.5. The quantitative estimate of drug-likeness (QED) is 0.725. The number of aliphatic hydroxyl groups is 1. The van der Waals surface area contributed by atoms with Gasteiger partial charge in [-0.15, -0.1) is 0 Å². The molecule has 20 heavy (non-hydrogen) atoms. The van der Waals surface area contributed by atoms with Gasteiger partial charge in [-0.25, -0.2) is 0 Å². The zero-order chi connectivity index (χ0) is 15.0. The zero-order valence-electron chi connectivity index (χ0n) is 12.0. The molecule has 1 aromatic carbocycles. The summed E-state index contributed by atoms with van der Waals surface area (Å²) < 4.78 is 5.39. The van der Waals surface area contributed by atoms with Crippen LogP contribution in [0.2, 0.25) is 5.02 Å². The fraction of sp³-hybridized carbons (Fsp3) is 0.533. The highest BCUT2D eigenvalue weighted by molar-refractivity contribution is 6.32. The summed E-state index contributed by atoms with van der Waals surface area (Å²) in [4.78, 5) is 11.6. The Bertz CT molecular complexity index is 437.